The summed E-state index contributed by atoms with van der Waals surface area (Å²) >= 11 is 0. The number of benzene rings is 2. The van der Waals surface area contributed by atoms with Crippen molar-refractivity contribution in [2.75, 3.05) is 0 Å². The number of carboxylic acids is 1. The number of amides is 3. The number of rotatable bonds is 10. The molecule has 2 aromatic rings. The van der Waals surface area contributed by atoms with Gasteiger partial charge in [-0.2, -0.15) is 0 Å². The van der Waals surface area contributed by atoms with E-state index in [-0.39, 0.29) is 13.2 Å². The van der Waals surface area contributed by atoms with Crippen LogP contribution >= 0.6 is 0 Å². The van der Waals surface area contributed by atoms with Gasteiger partial charge in [0.05, 0.1) is 10.8 Å². The summed E-state index contributed by atoms with van der Waals surface area (Å²) in [5.74, 6) is -1.44. The number of hydrogen-bond donors (Lipinski definition) is 4. The average Bonchev–Trinajstić information content (AvgIpc) is 2.87. The first kappa shape index (κ1) is 31.9. The number of carbonyl (C=O) groups is 4. The monoisotopic (exact) mass is 529 g/mol. The van der Waals surface area contributed by atoms with Crippen molar-refractivity contribution in [3.8, 4) is 0 Å². The summed E-state index contributed by atoms with van der Waals surface area (Å²) in [4.78, 5) is 45.5. The molecular weight excluding hydrogens is 490 g/mol. The Balaban J connectivity index is 0.000000380. The lowest BCUT2D eigenvalue weighted by Crippen LogP contribution is -2.49. The molecule has 5 N–H and O–H groups in total. The Morgan fingerprint density at radius 3 is 1.39 bits per heavy atom. The average molecular weight is 530 g/mol. The molecule has 0 aliphatic heterocycles. The number of aliphatic carboxylic acids is 1. The molecule has 10 heteroatoms. The predicted octanol–water partition coefficient (Wildman–Crippen LogP) is 4.22. The van der Waals surface area contributed by atoms with Crippen molar-refractivity contribution in [3.05, 3.63) is 71.8 Å². The fraction of sp³-hybridized carbons (Fsp3) is 0.429. The lowest BCUT2D eigenvalue weighted by molar-refractivity contribution is -0.148. The predicted molar refractivity (Wildman–Crippen MR) is 143 cm³/mol. The number of ether oxygens (including phenoxy) is 2. The maximum Gasteiger partial charge on any atom is 0.407 e. The lowest BCUT2D eigenvalue weighted by atomic mass is 9.85. The number of nitrogens with one attached hydrogen (secondary N) is 2. The molecule has 0 fully saturated rings. The van der Waals surface area contributed by atoms with E-state index in [2.05, 4.69) is 10.6 Å². The van der Waals surface area contributed by atoms with Crippen LogP contribution in [0.4, 0.5) is 9.59 Å². The van der Waals surface area contributed by atoms with Gasteiger partial charge in [-0.05, 0) is 52.7 Å². The summed E-state index contributed by atoms with van der Waals surface area (Å²) in [6.45, 7) is 10.2. The van der Waals surface area contributed by atoms with Crippen molar-refractivity contribution in [1.82, 2.24) is 10.6 Å². The summed E-state index contributed by atoms with van der Waals surface area (Å²) in [6.07, 6.45) is -1.18. The summed E-state index contributed by atoms with van der Waals surface area (Å²) in [5.41, 5.74) is 5.18. The molecule has 0 unspecified atom stereocenters. The van der Waals surface area contributed by atoms with Gasteiger partial charge >= 0.3 is 18.2 Å². The van der Waals surface area contributed by atoms with Gasteiger partial charge in [0, 0.05) is 12.1 Å². The third kappa shape index (κ3) is 10.5. The van der Waals surface area contributed by atoms with Crippen molar-refractivity contribution in [1.29, 1.82) is 0 Å². The zero-order valence-electron chi connectivity index (χ0n) is 22.8. The van der Waals surface area contributed by atoms with Gasteiger partial charge in [0.15, 0.2) is 0 Å². The Hall–Kier alpha value is -4.08. The van der Waals surface area contributed by atoms with Crippen LogP contribution in [0.1, 0.15) is 52.7 Å². The molecule has 0 aromatic heterocycles. The van der Waals surface area contributed by atoms with Crippen molar-refractivity contribution >= 4 is 24.1 Å². The maximum atomic E-state index is 11.6. The van der Waals surface area contributed by atoms with Crippen LogP contribution in [0.2, 0.25) is 0 Å². The second kappa shape index (κ2) is 14.6. The molecule has 2 rings (SSSR count). The van der Waals surface area contributed by atoms with E-state index < -0.39 is 47.0 Å². The quantitative estimate of drug-likeness (QED) is 0.359. The van der Waals surface area contributed by atoms with Crippen LogP contribution < -0.4 is 16.4 Å². The normalized spacial score (nSPS) is 12.6. The van der Waals surface area contributed by atoms with Crippen LogP contribution in [0.25, 0.3) is 0 Å². The van der Waals surface area contributed by atoms with Crippen LogP contribution in [-0.2, 0) is 32.3 Å². The molecule has 0 bridgehead atoms. The molecule has 0 radical (unpaired) electrons. The number of nitrogens with two attached hydrogens (primary N) is 1. The van der Waals surface area contributed by atoms with Crippen molar-refractivity contribution in [2.45, 2.75) is 66.8 Å². The zero-order chi connectivity index (χ0) is 28.9. The highest BCUT2D eigenvalue weighted by atomic mass is 16.6. The van der Waals surface area contributed by atoms with Crippen LogP contribution in [0.3, 0.4) is 0 Å². The molecular formula is C28H39N3O7. The highest BCUT2D eigenvalue weighted by Gasteiger charge is 2.35. The smallest absolute Gasteiger partial charge is 0.407 e. The van der Waals surface area contributed by atoms with E-state index in [1.165, 1.54) is 0 Å². The minimum absolute atomic E-state index is 0.160. The Morgan fingerprint density at radius 2 is 1.08 bits per heavy atom. The molecule has 208 valence electrons. The first-order chi connectivity index (χ1) is 17.7. The molecule has 2 aromatic carbocycles. The van der Waals surface area contributed by atoms with Gasteiger partial charge in [-0.3, -0.25) is 9.59 Å². The molecule has 0 aliphatic rings. The standard InChI is InChI=1S/C14H20N2O3.C14H19NO4/c1-10(14(2,3)12(15)17)16-13(18)19-9-11-7-5-4-6-8-11;1-10(14(2,3)12(16)17)15-13(18)19-9-11-7-5-4-6-8-11/h4-8,10H,9H2,1-3H3,(H2,15,17)(H,16,18);4-8,10H,9H2,1-3H3,(H,15,18)(H,16,17)/t2*10-/m11/s1. The van der Waals surface area contributed by atoms with Crippen LogP contribution in [0, 0.1) is 10.8 Å². The summed E-state index contributed by atoms with van der Waals surface area (Å²) in [6, 6.07) is 17.7. The number of hydrogen-bond acceptors (Lipinski definition) is 6. The SMILES string of the molecule is C[C@@H](NC(=O)OCc1ccccc1)C(C)(C)C(=O)O.C[C@@H](NC(=O)OCc1ccccc1)C(C)(C)C(N)=O. The third-order valence-corrected chi connectivity index (χ3v) is 6.45. The second-order valence-electron chi connectivity index (χ2n) is 9.97. The number of carbonyl (C=O) groups excluding carboxylic acids is 3. The highest BCUT2D eigenvalue weighted by Crippen LogP contribution is 2.21. The van der Waals surface area contributed by atoms with Crippen LogP contribution in [0.5, 0.6) is 0 Å². The van der Waals surface area contributed by atoms with E-state index in [4.69, 9.17) is 20.3 Å². The van der Waals surface area contributed by atoms with E-state index in [0.717, 1.165) is 11.1 Å². The minimum atomic E-state index is -1.05. The molecule has 0 saturated heterocycles. The topological polar surface area (TPSA) is 157 Å². The van der Waals surface area contributed by atoms with Crippen molar-refractivity contribution in [2.24, 2.45) is 16.6 Å². The van der Waals surface area contributed by atoms with Gasteiger partial charge in [-0.1, -0.05) is 60.7 Å². The van der Waals surface area contributed by atoms with Gasteiger partial charge in [0.25, 0.3) is 0 Å². The van der Waals surface area contributed by atoms with Crippen molar-refractivity contribution < 1.29 is 33.8 Å². The Labute approximate surface area is 223 Å². The summed E-state index contributed by atoms with van der Waals surface area (Å²) in [5, 5.41) is 14.2. The lowest BCUT2D eigenvalue weighted by Gasteiger charge is -2.28. The molecule has 38 heavy (non-hydrogen) atoms. The van der Waals surface area contributed by atoms with E-state index in [0.29, 0.717) is 0 Å². The molecule has 0 aliphatic carbocycles. The van der Waals surface area contributed by atoms with Gasteiger partial charge in [0.2, 0.25) is 5.91 Å². The fourth-order valence-corrected chi connectivity index (χ4v) is 2.64. The minimum Gasteiger partial charge on any atom is -0.481 e. The van der Waals surface area contributed by atoms with E-state index >= 15 is 0 Å². The number of alkyl carbamates (subject to hydrolysis) is 2. The summed E-state index contributed by atoms with van der Waals surface area (Å²) in [7, 11) is 0. The van der Waals surface area contributed by atoms with Crippen LogP contribution in [0.15, 0.2) is 60.7 Å². The first-order valence-electron chi connectivity index (χ1n) is 12.2. The molecule has 0 spiro atoms. The Morgan fingerprint density at radius 1 is 0.737 bits per heavy atom. The third-order valence-electron chi connectivity index (χ3n) is 6.45. The van der Waals surface area contributed by atoms with E-state index in [1.807, 2.05) is 60.7 Å². The maximum absolute atomic E-state index is 11.6. The van der Waals surface area contributed by atoms with Gasteiger partial charge in [-0.25, -0.2) is 9.59 Å². The van der Waals surface area contributed by atoms with Crippen LogP contribution in [-0.4, -0.2) is 41.3 Å². The first-order valence-corrected chi connectivity index (χ1v) is 12.2. The van der Waals surface area contributed by atoms with Crippen molar-refractivity contribution in [3.63, 3.8) is 0 Å². The van der Waals surface area contributed by atoms with Gasteiger partial charge < -0.3 is 30.9 Å². The number of carboxylic acid groups (broad SMARTS) is 1. The van der Waals surface area contributed by atoms with Gasteiger partial charge in [0.1, 0.15) is 13.2 Å². The van der Waals surface area contributed by atoms with E-state index in [9.17, 15) is 19.2 Å². The molecule has 2 atom stereocenters. The Bertz CT molecular complexity index is 971. The molecule has 0 heterocycles. The summed E-state index contributed by atoms with van der Waals surface area (Å²) < 4.78 is 10.1. The number of primary amides is 1. The highest BCUT2D eigenvalue weighted by molar-refractivity contribution is 5.81. The van der Waals surface area contributed by atoms with E-state index in [1.54, 1.807) is 41.5 Å². The zero-order valence-corrected chi connectivity index (χ0v) is 22.8. The largest absolute Gasteiger partial charge is 0.481 e. The fourth-order valence-electron chi connectivity index (χ4n) is 2.64. The Kier molecular flexibility index (Phi) is 12.3. The second-order valence-corrected chi connectivity index (χ2v) is 9.97. The molecule has 3 amide bonds. The van der Waals surface area contributed by atoms with Gasteiger partial charge in [-0.15, -0.1) is 0 Å². The molecule has 10 nitrogen and oxygen atoms in total. The molecule has 0 saturated carbocycles.